The van der Waals surface area contributed by atoms with Gasteiger partial charge in [-0.25, -0.2) is 0 Å². The van der Waals surface area contributed by atoms with Gasteiger partial charge in [0.1, 0.15) is 0 Å². The zero-order chi connectivity index (χ0) is 12.4. The van der Waals surface area contributed by atoms with E-state index < -0.39 is 0 Å². The highest BCUT2D eigenvalue weighted by Gasteiger charge is 2.25. The molecule has 18 heavy (non-hydrogen) atoms. The Kier molecular flexibility index (Phi) is 3.31. The second-order valence-corrected chi connectivity index (χ2v) is 4.92. The van der Waals surface area contributed by atoms with Crippen LogP contribution >= 0.6 is 0 Å². The van der Waals surface area contributed by atoms with E-state index in [2.05, 4.69) is 47.8 Å². The molecule has 2 nitrogen and oxygen atoms in total. The van der Waals surface area contributed by atoms with Gasteiger partial charge >= 0.3 is 0 Å². The fraction of sp³-hybridized carbons (Fsp3) is 0.375. The summed E-state index contributed by atoms with van der Waals surface area (Å²) in [7, 11) is 2.02. The molecule has 0 saturated carbocycles. The van der Waals surface area contributed by atoms with Gasteiger partial charge in [-0.3, -0.25) is 0 Å². The van der Waals surface area contributed by atoms with Crippen molar-refractivity contribution in [1.29, 1.82) is 0 Å². The summed E-state index contributed by atoms with van der Waals surface area (Å²) < 4.78 is 5.81. The third-order valence-corrected chi connectivity index (χ3v) is 3.78. The normalized spacial score (nSPS) is 21.3. The van der Waals surface area contributed by atoms with Crippen LogP contribution in [0.4, 0.5) is 0 Å². The second-order valence-electron chi connectivity index (χ2n) is 4.92. The Morgan fingerprint density at radius 2 is 2.00 bits per heavy atom. The summed E-state index contributed by atoms with van der Waals surface area (Å²) in [6, 6.07) is 15.5. The number of ether oxygens (including phenoxy) is 1. The first-order valence-electron chi connectivity index (χ1n) is 6.66. The van der Waals surface area contributed by atoms with Crippen molar-refractivity contribution in [2.75, 3.05) is 13.7 Å². The van der Waals surface area contributed by atoms with E-state index >= 15 is 0 Å². The molecule has 2 unspecified atom stereocenters. The molecular formula is C16H19NO. The average molecular weight is 241 g/mol. The molecule has 0 aromatic heterocycles. The van der Waals surface area contributed by atoms with Crippen LogP contribution in [0.2, 0.25) is 0 Å². The van der Waals surface area contributed by atoms with Crippen molar-refractivity contribution in [3.63, 3.8) is 0 Å². The van der Waals surface area contributed by atoms with Crippen LogP contribution in [0.1, 0.15) is 24.4 Å². The van der Waals surface area contributed by atoms with Gasteiger partial charge in [0.2, 0.25) is 0 Å². The molecule has 2 aromatic carbocycles. The molecule has 0 aliphatic carbocycles. The Bertz CT molecular complexity index is 531. The first kappa shape index (κ1) is 11.7. The van der Waals surface area contributed by atoms with Crippen LogP contribution in [-0.4, -0.2) is 19.8 Å². The summed E-state index contributed by atoms with van der Waals surface area (Å²) in [5.41, 5.74) is 1.32. The van der Waals surface area contributed by atoms with Crippen LogP contribution in [0.25, 0.3) is 10.8 Å². The van der Waals surface area contributed by atoms with Gasteiger partial charge in [0, 0.05) is 6.61 Å². The predicted molar refractivity (Wildman–Crippen MR) is 74.7 cm³/mol. The van der Waals surface area contributed by atoms with Gasteiger partial charge in [0.15, 0.2) is 0 Å². The lowest BCUT2D eigenvalue weighted by molar-refractivity contribution is 0.0808. The summed E-state index contributed by atoms with van der Waals surface area (Å²) >= 11 is 0. The third kappa shape index (κ3) is 2.14. The molecule has 94 valence electrons. The largest absolute Gasteiger partial charge is 0.376 e. The van der Waals surface area contributed by atoms with Crippen LogP contribution in [0.5, 0.6) is 0 Å². The van der Waals surface area contributed by atoms with Crippen molar-refractivity contribution in [2.24, 2.45) is 0 Å². The molecule has 1 aliphatic heterocycles. The van der Waals surface area contributed by atoms with E-state index in [9.17, 15) is 0 Å². The van der Waals surface area contributed by atoms with E-state index in [1.54, 1.807) is 0 Å². The minimum absolute atomic E-state index is 0.303. The van der Waals surface area contributed by atoms with Crippen LogP contribution in [-0.2, 0) is 4.74 Å². The Balaban J connectivity index is 1.96. The molecule has 2 heteroatoms. The lowest BCUT2D eigenvalue weighted by atomic mass is 9.97. The highest BCUT2D eigenvalue weighted by atomic mass is 16.5. The molecule has 2 aromatic rings. The molecule has 1 heterocycles. The van der Waals surface area contributed by atoms with Crippen molar-refractivity contribution in [3.8, 4) is 0 Å². The minimum Gasteiger partial charge on any atom is -0.376 e. The molecule has 3 rings (SSSR count). The number of nitrogens with one attached hydrogen (secondary N) is 1. The van der Waals surface area contributed by atoms with E-state index in [0.29, 0.717) is 12.1 Å². The van der Waals surface area contributed by atoms with Crippen LogP contribution < -0.4 is 5.32 Å². The number of likely N-dealkylation sites (N-methyl/N-ethyl adjacent to an activating group) is 1. The first-order chi connectivity index (χ1) is 8.88. The molecule has 0 bridgehead atoms. The quantitative estimate of drug-likeness (QED) is 0.890. The minimum atomic E-state index is 0.303. The van der Waals surface area contributed by atoms with Gasteiger partial charge in [-0.15, -0.1) is 0 Å². The average Bonchev–Trinajstić information content (AvgIpc) is 2.93. The summed E-state index contributed by atoms with van der Waals surface area (Å²) in [6.07, 6.45) is 2.64. The topological polar surface area (TPSA) is 21.3 Å². The summed E-state index contributed by atoms with van der Waals surface area (Å²) in [6.45, 7) is 0.899. The van der Waals surface area contributed by atoms with Gasteiger partial charge < -0.3 is 10.1 Å². The van der Waals surface area contributed by atoms with Crippen molar-refractivity contribution in [1.82, 2.24) is 5.32 Å². The molecular weight excluding hydrogens is 222 g/mol. The highest BCUT2D eigenvalue weighted by molar-refractivity contribution is 5.83. The zero-order valence-corrected chi connectivity index (χ0v) is 10.7. The van der Waals surface area contributed by atoms with Gasteiger partial charge in [0.25, 0.3) is 0 Å². The molecule has 0 spiro atoms. The SMILES string of the molecule is CNC(c1ccc2ccccc2c1)C1CCCO1. The summed E-state index contributed by atoms with van der Waals surface area (Å²) in [5.74, 6) is 0. The first-order valence-corrected chi connectivity index (χ1v) is 6.66. The van der Waals surface area contributed by atoms with Gasteiger partial charge in [0.05, 0.1) is 12.1 Å². The Morgan fingerprint density at radius 3 is 2.72 bits per heavy atom. The fourth-order valence-corrected chi connectivity index (χ4v) is 2.83. The van der Waals surface area contributed by atoms with E-state index in [0.717, 1.165) is 13.0 Å². The van der Waals surface area contributed by atoms with E-state index in [-0.39, 0.29) is 0 Å². The fourth-order valence-electron chi connectivity index (χ4n) is 2.83. The van der Waals surface area contributed by atoms with Crippen molar-refractivity contribution < 1.29 is 4.74 Å². The Morgan fingerprint density at radius 1 is 1.17 bits per heavy atom. The third-order valence-electron chi connectivity index (χ3n) is 3.78. The maximum atomic E-state index is 5.81. The standard InChI is InChI=1S/C16H19NO/c1-17-16(15-7-4-10-18-15)14-9-8-12-5-2-3-6-13(12)11-14/h2-3,5-6,8-9,11,15-17H,4,7,10H2,1H3. The van der Waals surface area contributed by atoms with E-state index in [1.807, 2.05) is 7.05 Å². The highest BCUT2D eigenvalue weighted by Crippen LogP contribution is 2.28. The molecule has 2 atom stereocenters. The Labute approximate surface area is 108 Å². The molecule has 0 amide bonds. The zero-order valence-electron chi connectivity index (χ0n) is 10.7. The van der Waals surface area contributed by atoms with Gasteiger partial charge in [-0.2, -0.15) is 0 Å². The maximum Gasteiger partial charge on any atom is 0.0770 e. The van der Waals surface area contributed by atoms with E-state index in [4.69, 9.17) is 4.74 Å². The second kappa shape index (κ2) is 5.09. The monoisotopic (exact) mass is 241 g/mol. The molecule has 1 fully saturated rings. The molecule has 0 radical (unpaired) electrons. The van der Waals surface area contributed by atoms with Crippen molar-refractivity contribution >= 4 is 10.8 Å². The summed E-state index contributed by atoms with van der Waals surface area (Å²) in [4.78, 5) is 0. The van der Waals surface area contributed by atoms with Crippen molar-refractivity contribution in [2.45, 2.75) is 25.0 Å². The number of benzene rings is 2. The maximum absolute atomic E-state index is 5.81. The lowest BCUT2D eigenvalue weighted by Gasteiger charge is -2.23. The number of hydrogen-bond acceptors (Lipinski definition) is 2. The Hall–Kier alpha value is -1.38. The number of hydrogen-bond donors (Lipinski definition) is 1. The molecule has 1 N–H and O–H groups in total. The van der Waals surface area contributed by atoms with Crippen LogP contribution in [0, 0.1) is 0 Å². The van der Waals surface area contributed by atoms with Crippen LogP contribution in [0.3, 0.4) is 0 Å². The van der Waals surface area contributed by atoms with Gasteiger partial charge in [-0.1, -0.05) is 36.4 Å². The molecule has 1 saturated heterocycles. The number of rotatable bonds is 3. The van der Waals surface area contributed by atoms with E-state index in [1.165, 1.54) is 22.8 Å². The lowest BCUT2D eigenvalue weighted by Crippen LogP contribution is -2.28. The predicted octanol–water partition coefficient (Wildman–Crippen LogP) is 3.28. The smallest absolute Gasteiger partial charge is 0.0770 e. The molecule has 1 aliphatic rings. The van der Waals surface area contributed by atoms with Crippen LogP contribution in [0.15, 0.2) is 42.5 Å². The van der Waals surface area contributed by atoms with Gasteiger partial charge in [-0.05, 0) is 42.3 Å². The number of fused-ring (bicyclic) bond motifs is 1. The van der Waals surface area contributed by atoms with Crippen molar-refractivity contribution in [3.05, 3.63) is 48.0 Å². The summed E-state index contributed by atoms with van der Waals surface area (Å²) in [5, 5.41) is 5.99.